The summed E-state index contributed by atoms with van der Waals surface area (Å²) in [6.07, 6.45) is 4.08. The number of anilines is 1. The SMILES string of the molecule is O=C(Nc1cccc(F)c1F)NC1CCCC1. The molecule has 2 rings (SSSR count). The van der Waals surface area contributed by atoms with E-state index in [1.165, 1.54) is 12.1 Å². The number of nitrogens with one attached hydrogen (secondary N) is 2. The number of hydrogen-bond acceptors (Lipinski definition) is 1. The summed E-state index contributed by atoms with van der Waals surface area (Å²) in [5.74, 6) is -2.00. The van der Waals surface area contributed by atoms with E-state index in [4.69, 9.17) is 0 Å². The van der Waals surface area contributed by atoms with Gasteiger partial charge in [-0.05, 0) is 25.0 Å². The van der Waals surface area contributed by atoms with Gasteiger partial charge in [0.25, 0.3) is 0 Å². The number of hydrogen-bond donors (Lipinski definition) is 2. The molecule has 5 heteroatoms. The van der Waals surface area contributed by atoms with E-state index in [2.05, 4.69) is 10.6 Å². The molecule has 0 radical (unpaired) electrons. The summed E-state index contributed by atoms with van der Waals surface area (Å²) in [6, 6.07) is 3.35. The molecule has 2 N–H and O–H groups in total. The first kappa shape index (κ1) is 11.8. The van der Waals surface area contributed by atoms with Crippen molar-refractivity contribution in [2.24, 2.45) is 0 Å². The Bertz CT molecular complexity index is 417. The van der Waals surface area contributed by atoms with Gasteiger partial charge in [-0.3, -0.25) is 0 Å². The van der Waals surface area contributed by atoms with Gasteiger partial charge in [-0.1, -0.05) is 18.9 Å². The number of rotatable bonds is 2. The van der Waals surface area contributed by atoms with E-state index in [9.17, 15) is 13.6 Å². The molecule has 1 aliphatic rings. The van der Waals surface area contributed by atoms with Gasteiger partial charge in [0.05, 0.1) is 5.69 Å². The Kier molecular flexibility index (Phi) is 3.56. The molecule has 0 bridgehead atoms. The number of urea groups is 1. The monoisotopic (exact) mass is 240 g/mol. The lowest BCUT2D eigenvalue weighted by atomic mass is 10.2. The maximum Gasteiger partial charge on any atom is 0.319 e. The Hall–Kier alpha value is -1.65. The molecule has 1 fully saturated rings. The van der Waals surface area contributed by atoms with Crippen LogP contribution < -0.4 is 10.6 Å². The quantitative estimate of drug-likeness (QED) is 0.819. The molecule has 2 amide bonds. The van der Waals surface area contributed by atoms with Crippen molar-refractivity contribution in [1.82, 2.24) is 5.32 Å². The average Bonchev–Trinajstić information content (AvgIpc) is 2.77. The first-order chi connectivity index (χ1) is 8.16. The van der Waals surface area contributed by atoms with Gasteiger partial charge in [-0.2, -0.15) is 0 Å². The van der Waals surface area contributed by atoms with E-state index in [0.29, 0.717) is 0 Å². The van der Waals surface area contributed by atoms with Crippen LogP contribution in [0.3, 0.4) is 0 Å². The van der Waals surface area contributed by atoms with Crippen LogP contribution in [0.2, 0.25) is 0 Å². The van der Waals surface area contributed by atoms with Gasteiger partial charge in [0, 0.05) is 6.04 Å². The van der Waals surface area contributed by atoms with Crippen molar-refractivity contribution in [2.75, 3.05) is 5.32 Å². The highest BCUT2D eigenvalue weighted by molar-refractivity contribution is 5.89. The minimum absolute atomic E-state index is 0.138. The van der Waals surface area contributed by atoms with Crippen LogP contribution in [0.15, 0.2) is 18.2 Å². The van der Waals surface area contributed by atoms with Crippen molar-refractivity contribution in [1.29, 1.82) is 0 Å². The van der Waals surface area contributed by atoms with Crippen molar-refractivity contribution in [3.8, 4) is 0 Å². The molecule has 0 aromatic heterocycles. The summed E-state index contributed by atoms with van der Waals surface area (Å²) in [5, 5.41) is 5.05. The van der Waals surface area contributed by atoms with E-state index in [1.54, 1.807) is 0 Å². The summed E-state index contributed by atoms with van der Waals surface area (Å²) < 4.78 is 26.1. The fourth-order valence-electron chi connectivity index (χ4n) is 2.01. The summed E-state index contributed by atoms with van der Waals surface area (Å²) in [6.45, 7) is 0. The molecule has 0 heterocycles. The number of carbonyl (C=O) groups is 1. The van der Waals surface area contributed by atoms with Gasteiger partial charge in [-0.25, -0.2) is 13.6 Å². The molecule has 0 saturated heterocycles. The standard InChI is InChI=1S/C12H14F2N2O/c13-9-6-3-7-10(11(9)14)16-12(17)15-8-4-1-2-5-8/h3,6-8H,1-2,4-5H2,(H2,15,16,17). The summed E-state index contributed by atoms with van der Waals surface area (Å²) in [5.41, 5.74) is -0.138. The Morgan fingerprint density at radius 1 is 1.24 bits per heavy atom. The van der Waals surface area contributed by atoms with Crippen molar-refractivity contribution in [2.45, 2.75) is 31.7 Å². The minimum atomic E-state index is -1.03. The van der Waals surface area contributed by atoms with E-state index < -0.39 is 17.7 Å². The Balaban J connectivity index is 1.95. The molecule has 0 atom stereocenters. The predicted octanol–water partition coefficient (Wildman–Crippen LogP) is 3.03. The normalized spacial score (nSPS) is 15.9. The number of carbonyl (C=O) groups excluding carboxylic acids is 1. The van der Waals surface area contributed by atoms with Crippen LogP contribution in [0.5, 0.6) is 0 Å². The fourth-order valence-corrected chi connectivity index (χ4v) is 2.01. The Morgan fingerprint density at radius 3 is 2.65 bits per heavy atom. The van der Waals surface area contributed by atoms with Gasteiger partial charge in [0.15, 0.2) is 11.6 Å². The zero-order chi connectivity index (χ0) is 12.3. The highest BCUT2D eigenvalue weighted by Gasteiger charge is 2.18. The van der Waals surface area contributed by atoms with Crippen molar-refractivity contribution < 1.29 is 13.6 Å². The molecule has 0 aliphatic heterocycles. The second-order valence-corrected chi connectivity index (χ2v) is 4.18. The summed E-state index contributed by atoms with van der Waals surface area (Å²) >= 11 is 0. The smallest absolute Gasteiger partial charge is 0.319 e. The molecular weight excluding hydrogens is 226 g/mol. The number of benzene rings is 1. The second kappa shape index (κ2) is 5.12. The minimum Gasteiger partial charge on any atom is -0.335 e. The third kappa shape index (κ3) is 2.93. The number of halogens is 2. The molecular formula is C12H14F2N2O. The lowest BCUT2D eigenvalue weighted by Crippen LogP contribution is -2.36. The first-order valence-electron chi connectivity index (χ1n) is 5.68. The van der Waals surface area contributed by atoms with Crippen LogP contribution in [0.25, 0.3) is 0 Å². The topological polar surface area (TPSA) is 41.1 Å². The van der Waals surface area contributed by atoms with E-state index in [-0.39, 0.29) is 11.7 Å². The molecule has 0 spiro atoms. The van der Waals surface area contributed by atoms with Gasteiger partial charge >= 0.3 is 6.03 Å². The van der Waals surface area contributed by atoms with Crippen LogP contribution in [-0.4, -0.2) is 12.1 Å². The van der Waals surface area contributed by atoms with E-state index >= 15 is 0 Å². The lowest BCUT2D eigenvalue weighted by Gasteiger charge is -2.13. The van der Waals surface area contributed by atoms with E-state index in [1.807, 2.05) is 0 Å². The molecule has 1 saturated carbocycles. The molecule has 3 nitrogen and oxygen atoms in total. The largest absolute Gasteiger partial charge is 0.335 e. The van der Waals surface area contributed by atoms with Crippen LogP contribution in [0, 0.1) is 11.6 Å². The molecule has 17 heavy (non-hydrogen) atoms. The van der Waals surface area contributed by atoms with Crippen molar-refractivity contribution >= 4 is 11.7 Å². The summed E-state index contributed by atoms with van der Waals surface area (Å²) in [7, 11) is 0. The third-order valence-electron chi connectivity index (χ3n) is 2.89. The zero-order valence-corrected chi connectivity index (χ0v) is 9.30. The maximum absolute atomic E-state index is 13.3. The van der Waals surface area contributed by atoms with Gasteiger partial charge in [-0.15, -0.1) is 0 Å². The van der Waals surface area contributed by atoms with E-state index in [0.717, 1.165) is 31.7 Å². The maximum atomic E-state index is 13.3. The zero-order valence-electron chi connectivity index (χ0n) is 9.30. The molecule has 1 aromatic carbocycles. The van der Waals surface area contributed by atoms with Crippen LogP contribution in [-0.2, 0) is 0 Å². The lowest BCUT2D eigenvalue weighted by molar-refractivity contribution is 0.248. The fraction of sp³-hybridized carbons (Fsp3) is 0.417. The average molecular weight is 240 g/mol. The number of amides is 2. The third-order valence-corrected chi connectivity index (χ3v) is 2.89. The molecule has 1 aromatic rings. The van der Waals surface area contributed by atoms with Crippen LogP contribution in [0.1, 0.15) is 25.7 Å². The highest BCUT2D eigenvalue weighted by atomic mass is 19.2. The van der Waals surface area contributed by atoms with Gasteiger partial charge < -0.3 is 10.6 Å². The Labute approximate surface area is 98.2 Å². The predicted molar refractivity (Wildman–Crippen MR) is 60.8 cm³/mol. The van der Waals surface area contributed by atoms with Crippen LogP contribution >= 0.6 is 0 Å². The Morgan fingerprint density at radius 2 is 1.94 bits per heavy atom. The van der Waals surface area contributed by atoms with Crippen LogP contribution in [0.4, 0.5) is 19.3 Å². The molecule has 1 aliphatic carbocycles. The molecule has 0 unspecified atom stereocenters. The molecule has 92 valence electrons. The van der Waals surface area contributed by atoms with Crippen molar-refractivity contribution in [3.63, 3.8) is 0 Å². The van der Waals surface area contributed by atoms with Crippen molar-refractivity contribution in [3.05, 3.63) is 29.8 Å². The summed E-state index contributed by atoms with van der Waals surface area (Å²) in [4.78, 5) is 11.5. The van der Waals surface area contributed by atoms with Gasteiger partial charge in [0.2, 0.25) is 0 Å². The van der Waals surface area contributed by atoms with Gasteiger partial charge in [0.1, 0.15) is 0 Å². The second-order valence-electron chi connectivity index (χ2n) is 4.18. The first-order valence-corrected chi connectivity index (χ1v) is 5.68. The highest BCUT2D eigenvalue weighted by Crippen LogP contribution is 2.19.